The van der Waals surface area contributed by atoms with Crippen molar-refractivity contribution in [2.75, 3.05) is 5.32 Å². The van der Waals surface area contributed by atoms with E-state index < -0.39 is 0 Å². The Labute approximate surface area is 159 Å². The molecule has 2 aromatic rings. The fourth-order valence-corrected chi connectivity index (χ4v) is 3.41. The predicted molar refractivity (Wildman–Crippen MR) is 108 cm³/mol. The number of carbonyl (C=O) groups is 2. The molecule has 5 nitrogen and oxygen atoms in total. The maximum atomic E-state index is 12.4. The standard InChI is InChI=1S/C22H25N3O2/c1-3-16-8-6-10-20(16)24-25-21(26)17-11-13-18(14-12-17)23-22(27)19-9-5-4-7-15(19)2/h4-5,7,9,11-14,16H,3,6,8,10H2,1-2H3,(H,23,27)(H,25,26). The molecule has 0 radical (unpaired) electrons. The molecule has 0 bridgehead atoms. The molecule has 0 aliphatic heterocycles. The van der Waals surface area contributed by atoms with Gasteiger partial charge in [-0.1, -0.05) is 25.1 Å². The summed E-state index contributed by atoms with van der Waals surface area (Å²) in [5, 5.41) is 7.18. The molecule has 27 heavy (non-hydrogen) atoms. The van der Waals surface area contributed by atoms with Crippen LogP contribution in [0.15, 0.2) is 53.6 Å². The summed E-state index contributed by atoms with van der Waals surface area (Å²) in [4.78, 5) is 24.6. The summed E-state index contributed by atoms with van der Waals surface area (Å²) in [6.45, 7) is 4.05. The smallest absolute Gasteiger partial charge is 0.271 e. The number of anilines is 1. The van der Waals surface area contributed by atoms with Crippen molar-refractivity contribution >= 4 is 23.2 Å². The maximum absolute atomic E-state index is 12.4. The van der Waals surface area contributed by atoms with Crippen molar-refractivity contribution in [3.8, 4) is 0 Å². The monoisotopic (exact) mass is 363 g/mol. The highest BCUT2D eigenvalue weighted by atomic mass is 16.2. The van der Waals surface area contributed by atoms with Crippen LogP contribution in [0.4, 0.5) is 5.69 Å². The van der Waals surface area contributed by atoms with Crippen LogP contribution in [0.25, 0.3) is 0 Å². The van der Waals surface area contributed by atoms with Crippen LogP contribution < -0.4 is 10.7 Å². The zero-order valence-electron chi connectivity index (χ0n) is 15.8. The van der Waals surface area contributed by atoms with Gasteiger partial charge in [0.1, 0.15) is 0 Å². The molecule has 1 aliphatic rings. The second-order valence-corrected chi connectivity index (χ2v) is 6.89. The van der Waals surface area contributed by atoms with E-state index in [4.69, 9.17) is 0 Å². The van der Waals surface area contributed by atoms with Gasteiger partial charge in [0.25, 0.3) is 11.8 Å². The third kappa shape index (κ3) is 4.61. The molecule has 1 atom stereocenters. The summed E-state index contributed by atoms with van der Waals surface area (Å²) >= 11 is 0. The first-order chi connectivity index (χ1) is 13.1. The lowest BCUT2D eigenvalue weighted by molar-refractivity contribution is 0.0954. The van der Waals surface area contributed by atoms with Crippen LogP contribution >= 0.6 is 0 Å². The van der Waals surface area contributed by atoms with E-state index >= 15 is 0 Å². The summed E-state index contributed by atoms with van der Waals surface area (Å²) in [5.74, 6) is 0.0916. The number of nitrogens with one attached hydrogen (secondary N) is 2. The Morgan fingerprint density at radius 1 is 1.07 bits per heavy atom. The van der Waals surface area contributed by atoms with Crippen molar-refractivity contribution < 1.29 is 9.59 Å². The number of hydrogen-bond donors (Lipinski definition) is 2. The Bertz CT molecular complexity index is 856. The summed E-state index contributed by atoms with van der Waals surface area (Å²) in [7, 11) is 0. The number of hydrogen-bond acceptors (Lipinski definition) is 3. The second-order valence-electron chi connectivity index (χ2n) is 6.89. The number of amides is 2. The van der Waals surface area contributed by atoms with Crippen LogP contribution in [-0.2, 0) is 0 Å². The van der Waals surface area contributed by atoms with Gasteiger partial charge in [-0.25, -0.2) is 5.43 Å². The molecule has 5 heteroatoms. The van der Waals surface area contributed by atoms with E-state index in [1.54, 1.807) is 30.3 Å². The third-order valence-corrected chi connectivity index (χ3v) is 5.05. The van der Waals surface area contributed by atoms with Gasteiger partial charge in [0.2, 0.25) is 0 Å². The molecule has 1 fully saturated rings. The van der Waals surface area contributed by atoms with Gasteiger partial charge in [-0.3, -0.25) is 9.59 Å². The third-order valence-electron chi connectivity index (χ3n) is 5.05. The van der Waals surface area contributed by atoms with Gasteiger partial charge in [-0.15, -0.1) is 0 Å². The van der Waals surface area contributed by atoms with Gasteiger partial charge in [0, 0.05) is 22.5 Å². The first-order valence-corrected chi connectivity index (χ1v) is 9.42. The molecule has 2 aromatic carbocycles. The van der Waals surface area contributed by atoms with Crippen molar-refractivity contribution in [3.05, 3.63) is 65.2 Å². The number of carbonyl (C=O) groups excluding carboxylic acids is 2. The first-order valence-electron chi connectivity index (χ1n) is 9.42. The highest BCUT2D eigenvalue weighted by Gasteiger charge is 2.21. The van der Waals surface area contributed by atoms with Crippen LogP contribution in [0.1, 0.15) is 58.9 Å². The Hall–Kier alpha value is -2.95. The van der Waals surface area contributed by atoms with Gasteiger partial charge in [-0.2, -0.15) is 5.10 Å². The van der Waals surface area contributed by atoms with Crippen molar-refractivity contribution in [1.82, 2.24) is 5.43 Å². The molecule has 0 aromatic heterocycles. The van der Waals surface area contributed by atoms with E-state index in [1.807, 2.05) is 25.1 Å². The summed E-state index contributed by atoms with van der Waals surface area (Å²) < 4.78 is 0. The number of aryl methyl sites for hydroxylation is 1. The van der Waals surface area contributed by atoms with Crippen LogP contribution in [0.2, 0.25) is 0 Å². The highest BCUT2D eigenvalue weighted by Crippen LogP contribution is 2.25. The van der Waals surface area contributed by atoms with E-state index in [0.717, 1.165) is 37.0 Å². The topological polar surface area (TPSA) is 70.6 Å². The van der Waals surface area contributed by atoms with Gasteiger partial charge < -0.3 is 5.32 Å². The van der Waals surface area contributed by atoms with E-state index in [9.17, 15) is 9.59 Å². The van der Waals surface area contributed by atoms with E-state index in [-0.39, 0.29) is 11.8 Å². The van der Waals surface area contributed by atoms with Gasteiger partial charge in [-0.05, 0) is 74.4 Å². The second kappa shape index (κ2) is 8.62. The first kappa shape index (κ1) is 18.8. The molecule has 0 spiro atoms. The predicted octanol–water partition coefficient (Wildman–Crippen LogP) is 4.54. The Morgan fingerprint density at radius 2 is 1.81 bits per heavy atom. The van der Waals surface area contributed by atoms with Crippen LogP contribution in [0.3, 0.4) is 0 Å². The Morgan fingerprint density at radius 3 is 2.52 bits per heavy atom. The fourth-order valence-electron chi connectivity index (χ4n) is 3.41. The Balaban J connectivity index is 1.61. The van der Waals surface area contributed by atoms with E-state index in [0.29, 0.717) is 22.7 Å². The summed E-state index contributed by atoms with van der Waals surface area (Å²) in [6, 6.07) is 14.3. The minimum Gasteiger partial charge on any atom is -0.322 e. The highest BCUT2D eigenvalue weighted by molar-refractivity contribution is 6.05. The fraction of sp³-hybridized carbons (Fsp3) is 0.318. The number of benzene rings is 2. The molecule has 0 saturated heterocycles. The average Bonchev–Trinajstić information content (AvgIpc) is 3.14. The van der Waals surface area contributed by atoms with Crippen LogP contribution in [-0.4, -0.2) is 17.5 Å². The van der Waals surface area contributed by atoms with E-state index in [1.165, 1.54) is 0 Å². The largest absolute Gasteiger partial charge is 0.322 e. The number of nitrogens with zero attached hydrogens (tertiary/aromatic N) is 1. The lowest BCUT2D eigenvalue weighted by Crippen LogP contribution is -2.21. The van der Waals surface area contributed by atoms with Gasteiger partial charge in [0.05, 0.1) is 0 Å². The van der Waals surface area contributed by atoms with Crippen molar-refractivity contribution in [1.29, 1.82) is 0 Å². The minimum absolute atomic E-state index is 0.163. The summed E-state index contributed by atoms with van der Waals surface area (Å²) in [6.07, 6.45) is 4.32. The molecule has 1 saturated carbocycles. The molecule has 3 rings (SSSR count). The van der Waals surface area contributed by atoms with Crippen molar-refractivity contribution in [2.45, 2.75) is 39.5 Å². The molecular weight excluding hydrogens is 338 g/mol. The zero-order valence-corrected chi connectivity index (χ0v) is 15.8. The quantitative estimate of drug-likeness (QED) is 0.766. The van der Waals surface area contributed by atoms with Crippen LogP contribution in [0, 0.1) is 12.8 Å². The number of rotatable bonds is 5. The lowest BCUT2D eigenvalue weighted by atomic mass is 10.0. The summed E-state index contributed by atoms with van der Waals surface area (Å²) in [5.41, 5.74) is 6.47. The van der Waals surface area contributed by atoms with Gasteiger partial charge >= 0.3 is 0 Å². The molecule has 1 unspecified atom stereocenters. The molecule has 0 heterocycles. The van der Waals surface area contributed by atoms with Gasteiger partial charge in [0.15, 0.2) is 0 Å². The zero-order chi connectivity index (χ0) is 19.2. The van der Waals surface area contributed by atoms with E-state index in [2.05, 4.69) is 22.8 Å². The van der Waals surface area contributed by atoms with Crippen LogP contribution in [0.5, 0.6) is 0 Å². The molecule has 140 valence electrons. The molecule has 1 aliphatic carbocycles. The van der Waals surface area contributed by atoms with Crippen molar-refractivity contribution in [3.63, 3.8) is 0 Å². The maximum Gasteiger partial charge on any atom is 0.271 e. The normalized spacial score (nSPS) is 17.7. The Kier molecular flexibility index (Phi) is 6.01. The molecule has 2 amide bonds. The number of hydrazone groups is 1. The SMILES string of the molecule is CCC1CCCC1=NNC(=O)c1ccc(NC(=O)c2ccccc2C)cc1. The lowest BCUT2D eigenvalue weighted by Gasteiger charge is -2.09. The minimum atomic E-state index is -0.235. The van der Waals surface area contributed by atoms with Crippen molar-refractivity contribution in [2.24, 2.45) is 11.0 Å². The molecular formula is C22H25N3O2. The molecule has 2 N–H and O–H groups in total. The average molecular weight is 363 g/mol.